The summed E-state index contributed by atoms with van der Waals surface area (Å²) in [7, 11) is 0. The molecular formula is C17H21N3O2S. The van der Waals surface area contributed by atoms with Crippen molar-refractivity contribution in [2.45, 2.75) is 32.4 Å². The number of carbonyl (C=O) groups is 1. The molecule has 2 aromatic rings. The summed E-state index contributed by atoms with van der Waals surface area (Å²) in [6, 6.07) is 7.45. The molecule has 0 aliphatic carbocycles. The highest BCUT2D eigenvalue weighted by Crippen LogP contribution is 2.22. The molecule has 1 aliphatic rings. The third kappa shape index (κ3) is 4.01. The standard InChI is InChI=1S/C17H21N3O2S/c1-12(2)22-15-5-3-13(4-6-15)16(21)19-14-7-9-20(11-14)17-18-8-10-23-17/h3-6,8,10,12,14H,7,9,11H2,1-2H3,(H,19,21)/t14-/m1/s1. The molecule has 0 saturated carbocycles. The molecular weight excluding hydrogens is 310 g/mol. The van der Waals surface area contributed by atoms with E-state index in [-0.39, 0.29) is 18.1 Å². The highest BCUT2D eigenvalue weighted by molar-refractivity contribution is 7.13. The smallest absolute Gasteiger partial charge is 0.251 e. The molecule has 0 bridgehead atoms. The van der Waals surface area contributed by atoms with Crippen LogP contribution in [-0.4, -0.2) is 36.1 Å². The van der Waals surface area contributed by atoms with E-state index < -0.39 is 0 Å². The summed E-state index contributed by atoms with van der Waals surface area (Å²) in [6.07, 6.45) is 2.89. The van der Waals surface area contributed by atoms with Crippen molar-refractivity contribution in [3.8, 4) is 5.75 Å². The molecule has 1 fully saturated rings. The van der Waals surface area contributed by atoms with Gasteiger partial charge in [0.25, 0.3) is 5.91 Å². The molecule has 1 N–H and O–H groups in total. The van der Waals surface area contributed by atoms with E-state index in [0.29, 0.717) is 5.56 Å². The van der Waals surface area contributed by atoms with E-state index in [1.54, 1.807) is 23.5 Å². The van der Waals surface area contributed by atoms with Crippen molar-refractivity contribution in [3.63, 3.8) is 0 Å². The Hall–Kier alpha value is -2.08. The van der Waals surface area contributed by atoms with Crippen molar-refractivity contribution in [2.24, 2.45) is 0 Å². The largest absolute Gasteiger partial charge is 0.491 e. The SMILES string of the molecule is CC(C)Oc1ccc(C(=O)N[C@@H]2CCN(c3nccs3)C2)cc1. The van der Waals surface area contributed by atoms with E-state index >= 15 is 0 Å². The molecule has 3 rings (SSSR count). The second-order valence-electron chi connectivity index (χ2n) is 5.91. The summed E-state index contributed by atoms with van der Waals surface area (Å²) in [5.41, 5.74) is 0.661. The van der Waals surface area contributed by atoms with Gasteiger partial charge in [0.05, 0.1) is 6.10 Å². The predicted molar refractivity (Wildman–Crippen MR) is 92.4 cm³/mol. The predicted octanol–water partition coefficient (Wildman–Crippen LogP) is 2.94. The van der Waals surface area contributed by atoms with Gasteiger partial charge in [-0.3, -0.25) is 4.79 Å². The Morgan fingerprint density at radius 2 is 2.17 bits per heavy atom. The monoisotopic (exact) mass is 331 g/mol. The van der Waals surface area contributed by atoms with Gasteiger partial charge in [-0.05, 0) is 44.5 Å². The number of aromatic nitrogens is 1. The van der Waals surface area contributed by atoms with Gasteiger partial charge < -0.3 is 15.0 Å². The fraction of sp³-hybridized carbons (Fsp3) is 0.412. The van der Waals surface area contributed by atoms with E-state index in [0.717, 1.165) is 30.4 Å². The number of nitrogens with zero attached hydrogens (tertiary/aromatic N) is 2. The fourth-order valence-electron chi connectivity index (χ4n) is 2.65. The van der Waals surface area contributed by atoms with Crippen molar-refractivity contribution < 1.29 is 9.53 Å². The number of carbonyl (C=O) groups excluding carboxylic acids is 1. The number of benzene rings is 1. The van der Waals surface area contributed by atoms with Crippen LogP contribution in [0.5, 0.6) is 5.75 Å². The Morgan fingerprint density at radius 3 is 2.83 bits per heavy atom. The van der Waals surface area contributed by atoms with Crippen LogP contribution in [0.3, 0.4) is 0 Å². The van der Waals surface area contributed by atoms with Crippen molar-refractivity contribution in [3.05, 3.63) is 41.4 Å². The zero-order valence-electron chi connectivity index (χ0n) is 13.4. The maximum Gasteiger partial charge on any atom is 0.251 e. The van der Waals surface area contributed by atoms with Gasteiger partial charge in [-0.15, -0.1) is 11.3 Å². The molecule has 2 heterocycles. The molecule has 0 spiro atoms. The molecule has 122 valence electrons. The molecule has 23 heavy (non-hydrogen) atoms. The Morgan fingerprint density at radius 1 is 1.39 bits per heavy atom. The normalized spacial score (nSPS) is 17.5. The summed E-state index contributed by atoms with van der Waals surface area (Å²) in [5, 5.41) is 6.10. The number of hydrogen-bond acceptors (Lipinski definition) is 5. The maximum atomic E-state index is 12.3. The van der Waals surface area contributed by atoms with Crippen molar-refractivity contribution in [2.75, 3.05) is 18.0 Å². The van der Waals surface area contributed by atoms with E-state index in [2.05, 4.69) is 15.2 Å². The van der Waals surface area contributed by atoms with Gasteiger partial charge in [0.1, 0.15) is 5.75 Å². The van der Waals surface area contributed by atoms with Crippen LogP contribution in [0.2, 0.25) is 0 Å². The minimum Gasteiger partial charge on any atom is -0.491 e. The highest BCUT2D eigenvalue weighted by Gasteiger charge is 2.25. The number of ether oxygens (including phenoxy) is 1. The first-order valence-electron chi connectivity index (χ1n) is 7.84. The number of hydrogen-bond donors (Lipinski definition) is 1. The van der Waals surface area contributed by atoms with E-state index in [1.165, 1.54) is 0 Å². The molecule has 1 aliphatic heterocycles. The second-order valence-corrected chi connectivity index (χ2v) is 6.78. The molecule has 0 unspecified atom stereocenters. The number of anilines is 1. The van der Waals surface area contributed by atoms with Crippen molar-refractivity contribution in [1.82, 2.24) is 10.3 Å². The summed E-state index contributed by atoms with van der Waals surface area (Å²) >= 11 is 1.63. The summed E-state index contributed by atoms with van der Waals surface area (Å²) < 4.78 is 5.59. The Bertz CT molecular complexity index is 640. The molecule has 1 atom stereocenters. The molecule has 6 heteroatoms. The van der Waals surface area contributed by atoms with Crippen LogP contribution in [0, 0.1) is 0 Å². The van der Waals surface area contributed by atoms with Crippen LogP contribution in [0.4, 0.5) is 5.13 Å². The quantitative estimate of drug-likeness (QED) is 0.915. The van der Waals surface area contributed by atoms with E-state index in [9.17, 15) is 4.79 Å². The minimum atomic E-state index is -0.0351. The fourth-order valence-corrected chi connectivity index (χ4v) is 3.33. The first-order valence-corrected chi connectivity index (χ1v) is 8.72. The minimum absolute atomic E-state index is 0.0351. The third-order valence-electron chi connectivity index (χ3n) is 3.70. The molecule has 0 radical (unpaired) electrons. The number of rotatable bonds is 5. The molecule has 1 aromatic carbocycles. The summed E-state index contributed by atoms with van der Waals surface area (Å²) in [6.45, 7) is 5.71. The zero-order chi connectivity index (χ0) is 16.2. The average Bonchev–Trinajstić information content (AvgIpc) is 3.18. The van der Waals surface area contributed by atoms with Gasteiger partial charge in [0.15, 0.2) is 5.13 Å². The van der Waals surface area contributed by atoms with Gasteiger partial charge in [-0.25, -0.2) is 4.98 Å². The van der Waals surface area contributed by atoms with E-state index in [4.69, 9.17) is 4.74 Å². The average molecular weight is 331 g/mol. The molecule has 5 nitrogen and oxygen atoms in total. The lowest BCUT2D eigenvalue weighted by Crippen LogP contribution is -2.37. The molecule has 1 amide bonds. The highest BCUT2D eigenvalue weighted by atomic mass is 32.1. The van der Waals surface area contributed by atoms with Gasteiger partial charge in [0.2, 0.25) is 0 Å². The second kappa shape index (κ2) is 7.00. The number of nitrogens with one attached hydrogen (secondary N) is 1. The van der Waals surface area contributed by atoms with Crippen LogP contribution in [0.1, 0.15) is 30.6 Å². The van der Waals surface area contributed by atoms with Crippen molar-refractivity contribution >= 4 is 22.4 Å². The van der Waals surface area contributed by atoms with Gasteiger partial charge in [-0.1, -0.05) is 0 Å². The van der Waals surface area contributed by atoms with Gasteiger partial charge in [-0.2, -0.15) is 0 Å². The Balaban J connectivity index is 1.55. The lowest BCUT2D eigenvalue weighted by molar-refractivity contribution is 0.0940. The molecule has 1 saturated heterocycles. The van der Waals surface area contributed by atoms with E-state index in [1.807, 2.05) is 37.6 Å². The first-order chi connectivity index (χ1) is 11.1. The van der Waals surface area contributed by atoms with Crippen LogP contribution >= 0.6 is 11.3 Å². The topological polar surface area (TPSA) is 54.5 Å². The summed E-state index contributed by atoms with van der Waals surface area (Å²) in [5.74, 6) is 0.749. The number of amides is 1. The lowest BCUT2D eigenvalue weighted by Gasteiger charge is -2.16. The van der Waals surface area contributed by atoms with Crippen LogP contribution in [-0.2, 0) is 0 Å². The van der Waals surface area contributed by atoms with Crippen LogP contribution < -0.4 is 15.0 Å². The van der Waals surface area contributed by atoms with Gasteiger partial charge in [0, 0.05) is 36.3 Å². The van der Waals surface area contributed by atoms with Crippen LogP contribution in [0.25, 0.3) is 0 Å². The first kappa shape index (κ1) is 15.8. The Kier molecular flexibility index (Phi) is 4.81. The Labute approximate surface area is 140 Å². The zero-order valence-corrected chi connectivity index (χ0v) is 14.2. The van der Waals surface area contributed by atoms with Gasteiger partial charge >= 0.3 is 0 Å². The van der Waals surface area contributed by atoms with Crippen LogP contribution in [0.15, 0.2) is 35.8 Å². The maximum absolute atomic E-state index is 12.3. The lowest BCUT2D eigenvalue weighted by atomic mass is 10.2. The third-order valence-corrected chi connectivity index (χ3v) is 4.53. The number of thiazole rings is 1. The van der Waals surface area contributed by atoms with Crippen molar-refractivity contribution in [1.29, 1.82) is 0 Å². The summed E-state index contributed by atoms with van der Waals surface area (Å²) in [4.78, 5) is 18.9. The molecule has 1 aromatic heterocycles.